The third kappa shape index (κ3) is 3.78. The first-order valence-electron chi connectivity index (χ1n) is 5.89. The summed E-state index contributed by atoms with van der Waals surface area (Å²) >= 11 is 0. The van der Waals surface area contributed by atoms with E-state index in [4.69, 9.17) is 0 Å². The monoisotopic (exact) mass is 219 g/mol. The van der Waals surface area contributed by atoms with Gasteiger partial charge in [-0.25, -0.2) is 0 Å². The van der Waals surface area contributed by atoms with Crippen LogP contribution < -0.4 is 5.32 Å². The molecule has 0 radical (unpaired) electrons. The molecule has 16 heavy (non-hydrogen) atoms. The minimum Gasteiger partial charge on any atom is -0.310 e. The van der Waals surface area contributed by atoms with Gasteiger partial charge in [0, 0.05) is 0 Å². The highest BCUT2D eigenvalue weighted by Crippen LogP contribution is 2.18. The summed E-state index contributed by atoms with van der Waals surface area (Å²) in [6.07, 6.45) is 1.89. The molecule has 0 saturated carbocycles. The van der Waals surface area contributed by atoms with Crippen molar-refractivity contribution in [3.05, 3.63) is 34.9 Å². The molecule has 2 heteroatoms. The topological polar surface area (TPSA) is 29.1 Å². The highest BCUT2D eigenvalue weighted by Gasteiger charge is 2.03. The van der Waals surface area contributed by atoms with Gasteiger partial charge in [0.2, 0.25) is 0 Å². The van der Waals surface area contributed by atoms with Gasteiger partial charge in [0.25, 0.3) is 0 Å². The molecule has 0 amide bonds. The van der Waals surface area contributed by atoms with Gasteiger partial charge in [-0.1, -0.05) is 32.0 Å². The summed E-state index contributed by atoms with van der Waals surface area (Å²) in [4.78, 5) is 10.2. The molecule has 0 aliphatic carbocycles. The van der Waals surface area contributed by atoms with Crippen LogP contribution in [0.25, 0.3) is 0 Å². The molecule has 1 rings (SSSR count). The highest BCUT2D eigenvalue weighted by molar-refractivity contribution is 5.51. The van der Waals surface area contributed by atoms with Gasteiger partial charge < -0.3 is 10.1 Å². The number of carbonyl (C=O) groups excluding carboxylic acids is 1. The summed E-state index contributed by atoms with van der Waals surface area (Å²) in [6, 6.07) is 6.66. The average Bonchev–Trinajstić information content (AvgIpc) is 2.26. The number of aldehydes is 1. The molecule has 0 bridgehead atoms. The minimum atomic E-state index is 0.447. The van der Waals surface area contributed by atoms with Crippen LogP contribution in [0.15, 0.2) is 18.2 Å². The van der Waals surface area contributed by atoms with Gasteiger partial charge >= 0.3 is 0 Å². The van der Waals surface area contributed by atoms with Crippen molar-refractivity contribution < 1.29 is 4.79 Å². The number of rotatable bonds is 6. The SMILES string of the molecule is Cc1ccc(C(C)C)cc1CCNCC=O. The number of benzene rings is 1. The van der Waals surface area contributed by atoms with Gasteiger partial charge in [0.05, 0.1) is 6.54 Å². The van der Waals surface area contributed by atoms with E-state index in [0.29, 0.717) is 12.5 Å². The van der Waals surface area contributed by atoms with Crippen molar-refractivity contribution in [2.75, 3.05) is 13.1 Å². The maximum atomic E-state index is 10.2. The van der Waals surface area contributed by atoms with E-state index in [2.05, 4.69) is 44.3 Å². The Balaban J connectivity index is 2.63. The van der Waals surface area contributed by atoms with Crippen molar-refractivity contribution in [3.63, 3.8) is 0 Å². The first-order chi connectivity index (χ1) is 7.65. The number of hydrogen-bond donors (Lipinski definition) is 1. The van der Waals surface area contributed by atoms with Crippen molar-refractivity contribution >= 4 is 6.29 Å². The summed E-state index contributed by atoms with van der Waals surface area (Å²) in [5.74, 6) is 0.572. The molecule has 0 unspecified atom stereocenters. The standard InChI is InChI=1S/C14H21NO/c1-11(2)13-5-4-12(3)14(10-13)6-7-15-8-9-16/h4-5,9-11,15H,6-8H2,1-3H3. The van der Waals surface area contributed by atoms with Crippen LogP contribution in [0.2, 0.25) is 0 Å². The summed E-state index contributed by atoms with van der Waals surface area (Å²) in [6.45, 7) is 7.86. The van der Waals surface area contributed by atoms with Gasteiger partial charge in [-0.2, -0.15) is 0 Å². The van der Waals surface area contributed by atoms with E-state index in [1.807, 2.05) is 0 Å². The maximum Gasteiger partial charge on any atom is 0.133 e. The Morgan fingerprint density at radius 2 is 2.12 bits per heavy atom. The van der Waals surface area contributed by atoms with E-state index in [0.717, 1.165) is 19.3 Å². The van der Waals surface area contributed by atoms with E-state index in [9.17, 15) is 4.79 Å². The fourth-order valence-electron chi connectivity index (χ4n) is 1.70. The number of hydrogen-bond acceptors (Lipinski definition) is 2. The number of aryl methyl sites for hydroxylation is 1. The van der Waals surface area contributed by atoms with E-state index < -0.39 is 0 Å². The van der Waals surface area contributed by atoms with Crippen LogP contribution in [0.5, 0.6) is 0 Å². The van der Waals surface area contributed by atoms with Crippen LogP contribution in [0.1, 0.15) is 36.5 Å². The second-order valence-electron chi connectivity index (χ2n) is 4.46. The zero-order valence-corrected chi connectivity index (χ0v) is 10.4. The van der Waals surface area contributed by atoms with Gasteiger partial charge in [0.1, 0.15) is 6.29 Å². The summed E-state index contributed by atoms with van der Waals surface area (Å²) in [5, 5.41) is 3.09. The molecule has 1 aromatic rings. The Hall–Kier alpha value is -1.15. The lowest BCUT2D eigenvalue weighted by molar-refractivity contribution is -0.107. The van der Waals surface area contributed by atoms with Crippen molar-refractivity contribution in [1.82, 2.24) is 5.32 Å². The van der Waals surface area contributed by atoms with Crippen LogP contribution in [0.3, 0.4) is 0 Å². The van der Waals surface area contributed by atoms with E-state index >= 15 is 0 Å². The molecule has 0 spiro atoms. The molecule has 0 fully saturated rings. The minimum absolute atomic E-state index is 0.447. The molecule has 1 N–H and O–H groups in total. The molecule has 0 aromatic heterocycles. The van der Waals surface area contributed by atoms with Gasteiger partial charge in [0.15, 0.2) is 0 Å². The van der Waals surface area contributed by atoms with Crippen molar-refractivity contribution in [2.45, 2.75) is 33.1 Å². The normalized spacial score (nSPS) is 10.8. The average molecular weight is 219 g/mol. The smallest absolute Gasteiger partial charge is 0.133 e. The largest absolute Gasteiger partial charge is 0.310 e. The second-order valence-corrected chi connectivity index (χ2v) is 4.46. The molecule has 0 saturated heterocycles. The van der Waals surface area contributed by atoms with E-state index in [-0.39, 0.29) is 0 Å². The Morgan fingerprint density at radius 3 is 2.75 bits per heavy atom. The van der Waals surface area contributed by atoms with Crippen molar-refractivity contribution in [1.29, 1.82) is 0 Å². The van der Waals surface area contributed by atoms with Crippen LogP contribution in [0.4, 0.5) is 0 Å². The third-order valence-electron chi connectivity index (χ3n) is 2.84. The summed E-state index contributed by atoms with van der Waals surface area (Å²) < 4.78 is 0. The first-order valence-corrected chi connectivity index (χ1v) is 5.89. The van der Waals surface area contributed by atoms with Crippen LogP contribution in [0, 0.1) is 6.92 Å². The van der Waals surface area contributed by atoms with Crippen molar-refractivity contribution in [3.8, 4) is 0 Å². The van der Waals surface area contributed by atoms with Gasteiger partial charge in [-0.15, -0.1) is 0 Å². The quantitative estimate of drug-likeness (QED) is 0.588. The van der Waals surface area contributed by atoms with Crippen LogP contribution in [-0.4, -0.2) is 19.4 Å². The third-order valence-corrected chi connectivity index (χ3v) is 2.84. The molecular formula is C14H21NO. The Kier molecular flexibility index (Phi) is 5.20. The molecule has 88 valence electrons. The highest BCUT2D eigenvalue weighted by atomic mass is 16.1. The summed E-state index contributed by atoms with van der Waals surface area (Å²) in [7, 11) is 0. The molecule has 0 atom stereocenters. The molecular weight excluding hydrogens is 198 g/mol. The number of carbonyl (C=O) groups is 1. The molecule has 1 aromatic carbocycles. The predicted molar refractivity (Wildman–Crippen MR) is 67.9 cm³/mol. The number of nitrogens with one attached hydrogen (secondary N) is 1. The predicted octanol–water partition coefficient (Wildman–Crippen LogP) is 2.45. The Bertz CT molecular complexity index is 345. The maximum absolute atomic E-state index is 10.2. The van der Waals surface area contributed by atoms with E-state index in [1.165, 1.54) is 16.7 Å². The lowest BCUT2D eigenvalue weighted by atomic mass is 9.96. The fraction of sp³-hybridized carbons (Fsp3) is 0.500. The first kappa shape index (κ1) is 12.9. The molecule has 0 heterocycles. The van der Waals surface area contributed by atoms with Gasteiger partial charge in [-0.3, -0.25) is 0 Å². The lowest BCUT2D eigenvalue weighted by Gasteiger charge is -2.11. The van der Waals surface area contributed by atoms with Crippen LogP contribution in [-0.2, 0) is 11.2 Å². The Labute approximate surface area is 98.1 Å². The molecule has 0 aliphatic rings. The zero-order chi connectivity index (χ0) is 12.0. The fourth-order valence-corrected chi connectivity index (χ4v) is 1.70. The second kappa shape index (κ2) is 6.44. The molecule has 0 aliphatic heterocycles. The van der Waals surface area contributed by atoms with Crippen molar-refractivity contribution in [2.24, 2.45) is 0 Å². The van der Waals surface area contributed by atoms with E-state index in [1.54, 1.807) is 0 Å². The molecule has 2 nitrogen and oxygen atoms in total. The van der Waals surface area contributed by atoms with Gasteiger partial charge in [-0.05, 0) is 42.5 Å². The van der Waals surface area contributed by atoms with Crippen LogP contribution >= 0.6 is 0 Å². The lowest BCUT2D eigenvalue weighted by Crippen LogP contribution is -2.19. The summed E-state index contributed by atoms with van der Waals surface area (Å²) in [5.41, 5.74) is 4.10. The Morgan fingerprint density at radius 1 is 1.38 bits per heavy atom. The zero-order valence-electron chi connectivity index (χ0n) is 10.4.